The highest BCUT2D eigenvalue weighted by atomic mass is 16.7. The first-order valence-corrected chi connectivity index (χ1v) is 9.87. The molecular formula is C23H26N2O5. The number of nitrogens with two attached hydrogens (primary N) is 1. The van der Waals surface area contributed by atoms with Crippen LogP contribution in [-0.2, 0) is 20.1 Å². The van der Waals surface area contributed by atoms with Crippen LogP contribution in [0.4, 0.5) is 5.69 Å². The lowest BCUT2D eigenvalue weighted by Crippen LogP contribution is -2.30. The van der Waals surface area contributed by atoms with Gasteiger partial charge in [0.25, 0.3) is 5.91 Å². The molecule has 30 heavy (non-hydrogen) atoms. The van der Waals surface area contributed by atoms with Gasteiger partial charge in [-0.1, -0.05) is 6.07 Å². The maximum Gasteiger partial charge on any atom is 0.258 e. The number of hydrogen-bond donors (Lipinski definition) is 1. The van der Waals surface area contributed by atoms with Crippen LogP contribution in [-0.4, -0.2) is 46.9 Å². The summed E-state index contributed by atoms with van der Waals surface area (Å²) in [6.45, 7) is 1.46. The van der Waals surface area contributed by atoms with Gasteiger partial charge < -0.3 is 29.6 Å². The molecule has 158 valence electrons. The molecule has 1 amide bonds. The Hall–Kier alpha value is -2.87. The Morgan fingerprint density at radius 3 is 2.57 bits per heavy atom. The molecule has 0 spiro atoms. The molecule has 7 heteroatoms. The number of carbonyl (C=O) groups excluding carboxylic acids is 1. The number of amides is 1. The second-order valence-corrected chi connectivity index (χ2v) is 7.25. The van der Waals surface area contributed by atoms with Gasteiger partial charge in [0.1, 0.15) is 11.5 Å². The molecule has 0 bridgehead atoms. The van der Waals surface area contributed by atoms with E-state index >= 15 is 0 Å². The number of nitrogens with zero attached hydrogens (tertiary/aromatic N) is 1. The number of rotatable bonds is 6. The Kier molecular flexibility index (Phi) is 5.51. The monoisotopic (exact) mass is 410 g/mol. The number of hydrogen-bond acceptors (Lipinski definition) is 6. The highest BCUT2D eigenvalue weighted by Crippen LogP contribution is 2.43. The SMILES string of the molecule is COc1ccc(OC)c(/C=C2\C(=O)N(C)c3ccc(C4(CCN)OCCO4)cc32)c1. The van der Waals surface area contributed by atoms with Gasteiger partial charge in [0, 0.05) is 35.7 Å². The molecule has 2 heterocycles. The van der Waals surface area contributed by atoms with Crippen molar-refractivity contribution in [2.24, 2.45) is 5.73 Å². The molecule has 2 aliphatic heterocycles. The lowest BCUT2D eigenvalue weighted by atomic mass is 9.96. The maximum atomic E-state index is 13.1. The number of benzene rings is 2. The van der Waals surface area contributed by atoms with Crippen LogP contribution in [0.25, 0.3) is 11.6 Å². The number of methoxy groups -OCH3 is 2. The predicted molar refractivity (Wildman–Crippen MR) is 115 cm³/mol. The zero-order valence-electron chi connectivity index (χ0n) is 17.4. The van der Waals surface area contributed by atoms with E-state index in [2.05, 4.69) is 0 Å². The standard InChI is InChI=1S/C23H26N2O5/c1-25-20-6-4-16(23(8-9-24)29-10-11-30-23)14-18(20)19(22(25)26)13-15-12-17(27-2)5-7-21(15)28-3/h4-7,12-14H,8-11,24H2,1-3H3/b19-13-. The van der Waals surface area contributed by atoms with Crippen LogP contribution in [0.2, 0.25) is 0 Å². The van der Waals surface area contributed by atoms with Crippen LogP contribution in [0.1, 0.15) is 23.1 Å². The van der Waals surface area contributed by atoms with E-state index in [-0.39, 0.29) is 5.91 Å². The van der Waals surface area contributed by atoms with Crippen molar-refractivity contribution in [3.8, 4) is 11.5 Å². The van der Waals surface area contributed by atoms with Gasteiger partial charge in [-0.05, 0) is 43.0 Å². The number of ether oxygens (including phenoxy) is 4. The molecule has 1 fully saturated rings. The average Bonchev–Trinajstić information content (AvgIpc) is 3.33. The van der Waals surface area contributed by atoms with Gasteiger partial charge in [0.05, 0.1) is 33.1 Å². The molecule has 0 aliphatic carbocycles. The summed E-state index contributed by atoms with van der Waals surface area (Å²) in [6.07, 6.45) is 2.38. The van der Waals surface area contributed by atoms with E-state index in [0.717, 1.165) is 22.4 Å². The summed E-state index contributed by atoms with van der Waals surface area (Å²) in [5, 5.41) is 0. The summed E-state index contributed by atoms with van der Waals surface area (Å²) in [4.78, 5) is 14.7. The normalized spacial score (nSPS) is 18.7. The van der Waals surface area contributed by atoms with E-state index in [1.54, 1.807) is 26.2 Å². The van der Waals surface area contributed by atoms with Crippen molar-refractivity contribution in [1.29, 1.82) is 0 Å². The van der Waals surface area contributed by atoms with Crippen molar-refractivity contribution < 1.29 is 23.7 Å². The number of fused-ring (bicyclic) bond motifs is 1. The van der Waals surface area contributed by atoms with Crippen molar-refractivity contribution in [3.05, 3.63) is 53.1 Å². The minimum absolute atomic E-state index is 0.0897. The molecule has 0 radical (unpaired) electrons. The molecule has 7 nitrogen and oxygen atoms in total. The number of likely N-dealkylation sites (N-methyl/N-ethyl adjacent to an activating group) is 1. The van der Waals surface area contributed by atoms with Crippen molar-refractivity contribution in [1.82, 2.24) is 0 Å². The fourth-order valence-corrected chi connectivity index (χ4v) is 4.03. The lowest BCUT2D eigenvalue weighted by molar-refractivity contribution is -0.168. The van der Waals surface area contributed by atoms with Crippen molar-refractivity contribution in [2.45, 2.75) is 12.2 Å². The van der Waals surface area contributed by atoms with Crippen LogP contribution in [0.3, 0.4) is 0 Å². The Morgan fingerprint density at radius 2 is 1.90 bits per heavy atom. The highest BCUT2D eigenvalue weighted by molar-refractivity contribution is 6.35. The predicted octanol–water partition coefficient (Wildman–Crippen LogP) is 2.77. The van der Waals surface area contributed by atoms with E-state index in [1.165, 1.54) is 0 Å². The Morgan fingerprint density at radius 1 is 1.13 bits per heavy atom. The van der Waals surface area contributed by atoms with Crippen LogP contribution >= 0.6 is 0 Å². The third kappa shape index (κ3) is 3.35. The zero-order valence-corrected chi connectivity index (χ0v) is 17.4. The summed E-state index contributed by atoms with van der Waals surface area (Å²) in [5.74, 6) is 0.385. The van der Waals surface area contributed by atoms with Crippen molar-refractivity contribution >= 4 is 23.2 Å². The maximum absolute atomic E-state index is 13.1. The first-order chi connectivity index (χ1) is 14.5. The molecule has 0 unspecified atom stereocenters. The number of anilines is 1. The van der Waals surface area contributed by atoms with E-state index in [9.17, 15) is 4.79 Å². The lowest BCUT2D eigenvalue weighted by Gasteiger charge is -2.28. The molecule has 0 atom stereocenters. The van der Waals surface area contributed by atoms with E-state index < -0.39 is 5.79 Å². The van der Waals surface area contributed by atoms with E-state index in [4.69, 9.17) is 24.7 Å². The third-order valence-corrected chi connectivity index (χ3v) is 5.59. The minimum Gasteiger partial charge on any atom is -0.497 e. The molecule has 2 aromatic rings. The Balaban J connectivity index is 1.83. The molecule has 2 aliphatic rings. The van der Waals surface area contributed by atoms with Gasteiger partial charge in [-0.15, -0.1) is 0 Å². The van der Waals surface area contributed by atoms with Crippen molar-refractivity contribution in [2.75, 3.05) is 45.9 Å². The fourth-order valence-electron chi connectivity index (χ4n) is 4.03. The Bertz CT molecular complexity index is 995. The van der Waals surface area contributed by atoms with Crippen LogP contribution < -0.4 is 20.1 Å². The topological polar surface area (TPSA) is 83.3 Å². The third-order valence-electron chi connectivity index (χ3n) is 5.59. The summed E-state index contributed by atoms with van der Waals surface area (Å²) in [5.41, 5.74) is 9.66. The zero-order chi connectivity index (χ0) is 21.3. The van der Waals surface area contributed by atoms with Gasteiger partial charge in [-0.2, -0.15) is 0 Å². The first-order valence-electron chi connectivity index (χ1n) is 9.87. The van der Waals surface area contributed by atoms with E-state index in [1.807, 2.05) is 42.5 Å². The minimum atomic E-state index is -0.868. The summed E-state index contributed by atoms with van der Waals surface area (Å²) in [7, 11) is 4.97. The fraction of sp³-hybridized carbons (Fsp3) is 0.348. The summed E-state index contributed by atoms with van der Waals surface area (Å²) < 4.78 is 22.7. The molecule has 4 rings (SSSR count). The smallest absolute Gasteiger partial charge is 0.258 e. The van der Waals surface area contributed by atoms with Crippen LogP contribution in [0, 0.1) is 0 Å². The number of carbonyl (C=O) groups is 1. The highest BCUT2D eigenvalue weighted by Gasteiger charge is 2.40. The van der Waals surface area contributed by atoms with Gasteiger partial charge in [0.2, 0.25) is 0 Å². The molecule has 2 aromatic carbocycles. The van der Waals surface area contributed by atoms with Crippen LogP contribution in [0.5, 0.6) is 11.5 Å². The second kappa shape index (κ2) is 8.10. The van der Waals surface area contributed by atoms with Gasteiger partial charge >= 0.3 is 0 Å². The molecule has 2 N–H and O–H groups in total. The molecule has 0 saturated carbocycles. The second-order valence-electron chi connectivity index (χ2n) is 7.25. The average molecular weight is 410 g/mol. The quantitative estimate of drug-likeness (QED) is 0.738. The van der Waals surface area contributed by atoms with Gasteiger partial charge in [-0.25, -0.2) is 0 Å². The Labute approximate surface area is 176 Å². The van der Waals surface area contributed by atoms with Crippen molar-refractivity contribution in [3.63, 3.8) is 0 Å². The largest absolute Gasteiger partial charge is 0.497 e. The summed E-state index contributed by atoms with van der Waals surface area (Å²) >= 11 is 0. The molecule has 0 aromatic heterocycles. The van der Waals surface area contributed by atoms with E-state index in [0.29, 0.717) is 43.3 Å². The van der Waals surface area contributed by atoms with Gasteiger partial charge in [0.15, 0.2) is 5.79 Å². The van der Waals surface area contributed by atoms with Crippen LogP contribution in [0.15, 0.2) is 36.4 Å². The molecule has 1 saturated heterocycles. The molecular weight excluding hydrogens is 384 g/mol. The summed E-state index contributed by atoms with van der Waals surface area (Å²) in [6, 6.07) is 11.3. The first kappa shape index (κ1) is 20.4. The van der Waals surface area contributed by atoms with Gasteiger partial charge in [-0.3, -0.25) is 4.79 Å².